The average molecular weight is 300 g/mol. The van der Waals surface area contributed by atoms with Gasteiger partial charge in [0.05, 0.1) is 12.0 Å². The van der Waals surface area contributed by atoms with Crippen molar-refractivity contribution in [3.8, 4) is 0 Å². The van der Waals surface area contributed by atoms with Crippen molar-refractivity contribution in [3.05, 3.63) is 34.9 Å². The Balaban J connectivity index is 1.71. The maximum atomic E-state index is 12.6. The average Bonchev–Trinajstić information content (AvgIpc) is 2.80. The standard InChI is InChI=1S/C19H28N2O/c1-14-7-8-16(11-15(14)2)18-12-17(19(22)20(18)3)13-21-9-5-4-6-10-21/h7-8,11,17-18H,4-6,9-10,12-13H2,1-3H3/t17-,18+/m0/s1. The van der Waals surface area contributed by atoms with Crippen LogP contribution >= 0.6 is 0 Å². The van der Waals surface area contributed by atoms with Crippen molar-refractivity contribution in [3.63, 3.8) is 0 Å². The highest BCUT2D eigenvalue weighted by molar-refractivity contribution is 5.81. The Hall–Kier alpha value is -1.35. The van der Waals surface area contributed by atoms with Gasteiger partial charge in [0.15, 0.2) is 0 Å². The van der Waals surface area contributed by atoms with Gasteiger partial charge < -0.3 is 9.80 Å². The van der Waals surface area contributed by atoms with Gasteiger partial charge in [-0.2, -0.15) is 0 Å². The molecular weight excluding hydrogens is 272 g/mol. The van der Waals surface area contributed by atoms with E-state index in [1.165, 1.54) is 49.0 Å². The predicted molar refractivity (Wildman–Crippen MR) is 89.8 cm³/mol. The fourth-order valence-electron chi connectivity index (χ4n) is 3.91. The molecule has 0 aliphatic carbocycles. The van der Waals surface area contributed by atoms with Crippen LogP contribution in [-0.2, 0) is 4.79 Å². The van der Waals surface area contributed by atoms with Crippen LogP contribution in [0.2, 0.25) is 0 Å². The predicted octanol–water partition coefficient (Wildman–Crippen LogP) is 3.31. The number of hydrogen-bond donors (Lipinski definition) is 0. The zero-order chi connectivity index (χ0) is 15.7. The summed E-state index contributed by atoms with van der Waals surface area (Å²) in [7, 11) is 1.97. The number of hydrogen-bond acceptors (Lipinski definition) is 2. The Kier molecular flexibility index (Phi) is 4.53. The molecule has 2 saturated heterocycles. The van der Waals surface area contributed by atoms with Crippen LogP contribution in [0.5, 0.6) is 0 Å². The maximum absolute atomic E-state index is 12.6. The van der Waals surface area contributed by atoms with Crippen LogP contribution in [0.25, 0.3) is 0 Å². The van der Waals surface area contributed by atoms with Gasteiger partial charge in [0, 0.05) is 13.6 Å². The molecule has 3 rings (SSSR count). The van der Waals surface area contributed by atoms with E-state index in [-0.39, 0.29) is 12.0 Å². The third kappa shape index (κ3) is 3.05. The number of nitrogens with zero attached hydrogens (tertiary/aromatic N) is 2. The van der Waals surface area contributed by atoms with Crippen molar-refractivity contribution in [1.82, 2.24) is 9.80 Å². The summed E-state index contributed by atoms with van der Waals surface area (Å²) in [5, 5.41) is 0. The van der Waals surface area contributed by atoms with E-state index in [9.17, 15) is 4.79 Å². The summed E-state index contributed by atoms with van der Waals surface area (Å²) in [4.78, 5) is 17.1. The molecule has 3 heteroatoms. The lowest BCUT2D eigenvalue weighted by Crippen LogP contribution is -2.36. The van der Waals surface area contributed by atoms with Crippen LogP contribution in [0.4, 0.5) is 0 Å². The van der Waals surface area contributed by atoms with E-state index in [1.54, 1.807) is 0 Å². The number of piperidine rings is 1. The number of likely N-dealkylation sites (tertiary alicyclic amines) is 2. The van der Waals surface area contributed by atoms with Crippen molar-refractivity contribution >= 4 is 5.91 Å². The first-order chi connectivity index (χ1) is 10.6. The van der Waals surface area contributed by atoms with Crippen molar-refractivity contribution in [1.29, 1.82) is 0 Å². The van der Waals surface area contributed by atoms with Gasteiger partial charge in [0.2, 0.25) is 5.91 Å². The fourth-order valence-corrected chi connectivity index (χ4v) is 3.91. The Bertz CT molecular complexity index is 548. The van der Waals surface area contributed by atoms with Gasteiger partial charge in [-0.25, -0.2) is 0 Å². The largest absolute Gasteiger partial charge is 0.338 e. The smallest absolute Gasteiger partial charge is 0.227 e. The molecule has 0 bridgehead atoms. The molecule has 1 aromatic carbocycles. The highest BCUT2D eigenvalue weighted by Crippen LogP contribution is 2.36. The van der Waals surface area contributed by atoms with E-state index in [4.69, 9.17) is 0 Å². The number of benzene rings is 1. The van der Waals surface area contributed by atoms with Crippen LogP contribution in [0.15, 0.2) is 18.2 Å². The molecule has 2 heterocycles. The molecule has 0 aromatic heterocycles. The Labute approximate surface area is 134 Å². The van der Waals surface area contributed by atoms with Crippen molar-refractivity contribution in [2.45, 2.75) is 45.6 Å². The van der Waals surface area contributed by atoms with Crippen LogP contribution in [0.1, 0.15) is 48.4 Å². The molecule has 0 saturated carbocycles. The summed E-state index contributed by atoms with van der Waals surface area (Å²) in [5.41, 5.74) is 3.93. The van der Waals surface area contributed by atoms with Crippen molar-refractivity contribution < 1.29 is 4.79 Å². The number of carbonyl (C=O) groups excluding carboxylic acids is 1. The summed E-state index contributed by atoms with van der Waals surface area (Å²) < 4.78 is 0. The number of aryl methyl sites for hydroxylation is 2. The van der Waals surface area contributed by atoms with E-state index in [0.717, 1.165) is 13.0 Å². The second-order valence-electron chi connectivity index (χ2n) is 7.10. The second-order valence-corrected chi connectivity index (χ2v) is 7.10. The van der Waals surface area contributed by atoms with E-state index < -0.39 is 0 Å². The lowest BCUT2D eigenvalue weighted by Gasteiger charge is -2.28. The third-order valence-electron chi connectivity index (χ3n) is 5.52. The summed E-state index contributed by atoms with van der Waals surface area (Å²) in [6.07, 6.45) is 4.89. The van der Waals surface area contributed by atoms with Crippen LogP contribution in [-0.4, -0.2) is 42.4 Å². The zero-order valence-electron chi connectivity index (χ0n) is 14.1. The van der Waals surface area contributed by atoms with Crippen LogP contribution in [0, 0.1) is 19.8 Å². The number of amides is 1. The van der Waals surface area contributed by atoms with Gasteiger partial charge >= 0.3 is 0 Å². The minimum atomic E-state index is 0.176. The SMILES string of the molecule is Cc1ccc([C@H]2C[C@@H](CN3CCCCC3)C(=O)N2C)cc1C. The number of rotatable bonds is 3. The molecule has 22 heavy (non-hydrogen) atoms. The fraction of sp³-hybridized carbons (Fsp3) is 0.632. The minimum absolute atomic E-state index is 0.176. The molecule has 2 aliphatic heterocycles. The first kappa shape index (κ1) is 15.5. The van der Waals surface area contributed by atoms with E-state index in [2.05, 4.69) is 36.9 Å². The monoisotopic (exact) mass is 300 g/mol. The molecular formula is C19H28N2O. The molecule has 0 unspecified atom stereocenters. The third-order valence-corrected chi connectivity index (χ3v) is 5.52. The van der Waals surface area contributed by atoms with Gasteiger partial charge in [-0.05, 0) is 62.9 Å². The van der Waals surface area contributed by atoms with Gasteiger partial charge in [-0.15, -0.1) is 0 Å². The lowest BCUT2D eigenvalue weighted by molar-refractivity contribution is -0.131. The number of carbonyl (C=O) groups is 1. The highest BCUT2D eigenvalue weighted by atomic mass is 16.2. The van der Waals surface area contributed by atoms with Gasteiger partial charge in [-0.1, -0.05) is 24.6 Å². The second kappa shape index (κ2) is 6.41. The van der Waals surface area contributed by atoms with Crippen LogP contribution in [0.3, 0.4) is 0 Å². The Morgan fingerprint density at radius 3 is 2.50 bits per heavy atom. The highest BCUT2D eigenvalue weighted by Gasteiger charge is 2.38. The molecule has 0 N–H and O–H groups in total. The summed E-state index contributed by atoms with van der Waals surface area (Å²) in [6, 6.07) is 6.88. The molecule has 1 amide bonds. The topological polar surface area (TPSA) is 23.6 Å². The van der Waals surface area contributed by atoms with Gasteiger partial charge in [-0.3, -0.25) is 4.79 Å². The molecule has 0 radical (unpaired) electrons. The maximum Gasteiger partial charge on any atom is 0.227 e. The summed E-state index contributed by atoms with van der Waals surface area (Å²) in [5.74, 6) is 0.503. The summed E-state index contributed by atoms with van der Waals surface area (Å²) >= 11 is 0. The van der Waals surface area contributed by atoms with Gasteiger partial charge in [0.1, 0.15) is 0 Å². The molecule has 2 atom stereocenters. The molecule has 2 aliphatic rings. The molecule has 0 spiro atoms. The normalized spacial score (nSPS) is 26.7. The summed E-state index contributed by atoms with van der Waals surface area (Å²) in [6.45, 7) is 7.58. The Morgan fingerprint density at radius 2 is 1.82 bits per heavy atom. The zero-order valence-corrected chi connectivity index (χ0v) is 14.1. The Morgan fingerprint density at radius 1 is 1.09 bits per heavy atom. The van der Waals surface area contributed by atoms with Gasteiger partial charge in [0.25, 0.3) is 0 Å². The van der Waals surface area contributed by atoms with E-state index >= 15 is 0 Å². The first-order valence-corrected chi connectivity index (χ1v) is 8.62. The molecule has 2 fully saturated rings. The molecule has 1 aromatic rings. The quantitative estimate of drug-likeness (QED) is 0.855. The molecule has 3 nitrogen and oxygen atoms in total. The minimum Gasteiger partial charge on any atom is -0.338 e. The molecule has 120 valence electrons. The van der Waals surface area contributed by atoms with E-state index in [0.29, 0.717) is 5.91 Å². The lowest BCUT2D eigenvalue weighted by atomic mass is 9.96. The van der Waals surface area contributed by atoms with Crippen LogP contribution < -0.4 is 0 Å². The van der Waals surface area contributed by atoms with E-state index in [1.807, 2.05) is 11.9 Å². The van der Waals surface area contributed by atoms with Crippen molar-refractivity contribution in [2.75, 3.05) is 26.7 Å². The first-order valence-electron chi connectivity index (χ1n) is 8.62. The van der Waals surface area contributed by atoms with Crippen molar-refractivity contribution in [2.24, 2.45) is 5.92 Å².